The summed E-state index contributed by atoms with van der Waals surface area (Å²) in [6.07, 6.45) is 0.817. The van der Waals surface area contributed by atoms with Gasteiger partial charge in [0.05, 0.1) is 12.4 Å². The normalized spacial score (nSPS) is 11.8. The van der Waals surface area contributed by atoms with Crippen LogP contribution in [0.3, 0.4) is 0 Å². The Balaban J connectivity index is 1.75. The molecule has 0 saturated heterocycles. The molecule has 0 fully saturated rings. The smallest absolute Gasteiger partial charge is 0.233 e. The first-order valence-corrected chi connectivity index (χ1v) is 8.60. The Bertz CT molecular complexity index is 623. The molecule has 122 valence electrons. The van der Waals surface area contributed by atoms with Crippen molar-refractivity contribution in [3.05, 3.63) is 59.7 Å². The summed E-state index contributed by atoms with van der Waals surface area (Å²) in [5, 5.41) is 2.90. The number of benzene rings is 2. The maximum Gasteiger partial charge on any atom is 0.233 e. The third-order valence-corrected chi connectivity index (χ3v) is 4.69. The fourth-order valence-corrected chi connectivity index (χ4v) is 3.03. The van der Waals surface area contributed by atoms with E-state index < -0.39 is 0 Å². The summed E-state index contributed by atoms with van der Waals surface area (Å²) in [7, 11) is 1.66. The average molecular weight is 329 g/mol. The van der Waals surface area contributed by atoms with Gasteiger partial charge in [-0.25, -0.2) is 0 Å². The van der Waals surface area contributed by atoms with E-state index in [0.29, 0.717) is 6.54 Å². The summed E-state index contributed by atoms with van der Waals surface area (Å²) in [5.74, 6) is 0.921. The topological polar surface area (TPSA) is 38.3 Å². The van der Waals surface area contributed by atoms with Gasteiger partial charge in [0, 0.05) is 11.4 Å². The highest BCUT2D eigenvalue weighted by Crippen LogP contribution is 2.23. The first kappa shape index (κ1) is 17.4. The molecule has 3 nitrogen and oxygen atoms in total. The molecule has 1 N–H and O–H groups in total. The van der Waals surface area contributed by atoms with Crippen molar-refractivity contribution in [1.29, 1.82) is 0 Å². The molecule has 0 heterocycles. The third kappa shape index (κ3) is 5.64. The van der Waals surface area contributed by atoms with Crippen LogP contribution in [0.15, 0.2) is 53.4 Å². The van der Waals surface area contributed by atoms with Crippen molar-refractivity contribution < 1.29 is 9.53 Å². The number of methoxy groups -OCH3 is 1. The maximum atomic E-state index is 12.2. The third-order valence-electron chi connectivity index (χ3n) is 3.58. The predicted octanol–water partition coefficient (Wildman–Crippen LogP) is 3.84. The molecule has 0 aliphatic carbocycles. The van der Waals surface area contributed by atoms with Crippen LogP contribution in [0.2, 0.25) is 0 Å². The molecule has 2 aromatic rings. The number of thioether (sulfide) groups is 1. The van der Waals surface area contributed by atoms with Crippen molar-refractivity contribution >= 4 is 17.7 Å². The molecule has 2 aromatic carbocycles. The predicted molar refractivity (Wildman–Crippen MR) is 96.2 cm³/mol. The number of hydrogen-bond acceptors (Lipinski definition) is 3. The Kier molecular flexibility index (Phi) is 6.53. The van der Waals surface area contributed by atoms with Gasteiger partial charge in [0.1, 0.15) is 5.75 Å². The van der Waals surface area contributed by atoms with Crippen LogP contribution in [0.5, 0.6) is 5.75 Å². The molecule has 0 aliphatic heterocycles. The van der Waals surface area contributed by atoms with E-state index in [9.17, 15) is 4.79 Å². The van der Waals surface area contributed by atoms with Gasteiger partial charge in [-0.2, -0.15) is 0 Å². The van der Waals surface area contributed by atoms with Crippen molar-refractivity contribution in [3.63, 3.8) is 0 Å². The van der Waals surface area contributed by atoms with Gasteiger partial charge in [0.25, 0.3) is 0 Å². The van der Waals surface area contributed by atoms with Crippen molar-refractivity contribution in [3.8, 4) is 5.75 Å². The molecule has 4 heteroatoms. The van der Waals surface area contributed by atoms with Gasteiger partial charge in [-0.15, -0.1) is 11.8 Å². The van der Waals surface area contributed by atoms with Gasteiger partial charge >= 0.3 is 0 Å². The lowest BCUT2D eigenvalue weighted by Crippen LogP contribution is -2.32. The van der Waals surface area contributed by atoms with Crippen LogP contribution >= 0.6 is 11.8 Å². The average Bonchev–Trinajstić information content (AvgIpc) is 2.57. The SMILES string of the molecule is COc1ccc(CCNC(=O)[C@H](C)Sc2ccc(C)cc2)cc1. The van der Waals surface area contributed by atoms with E-state index in [-0.39, 0.29) is 11.2 Å². The standard InChI is InChI=1S/C19H23NO2S/c1-14-4-10-18(11-5-14)23-15(2)19(21)20-13-12-16-6-8-17(22-3)9-7-16/h4-11,15H,12-13H2,1-3H3,(H,20,21)/t15-/m0/s1. The summed E-state index contributed by atoms with van der Waals surface area (Å²) in [5.41, 5.74) is 2.41. The van der Waals surface area contributed by atoms with Crippen LogP contribution in [-0.4, -0.2) is 24.8 Å². The quantitative estimate of drug-likeness (QED) is 0.784. The molecule has 0 bridgehead atoms. The van der Waals surface area contributed by atoms with Gasteiger partial charge in [0.15, 0.2) is 0 Å². The second-order valence-corrected chi connectivity index (χ2v) is 6.88. The Hall–Kier alpha value is -1.94. The monoisotopic (exact) mass is 329 g/mol. The largest absolute Gasteiger partial charge is 0.497 e. The van der Waals surface area contributed by atoms with Crippen molar-refractivity contribution in [1.82, 2.24) is 5.32 Å². The number of aryl methyl sites for hydroxylation is 1. The van der Waals surface area contributed by atoms with E-state index >= 15 is 0 Å². The molecule has 0 aromatic heterocycles. The van der Waals surface area contributed by atoms with Crippen molar-refractivity contribution in [2.24, 2.45) is 0 Å². The molecule has 1 atom stereocenters. The number of hydrogen-bond donors (Lipinski definition) is 1. The molecular weight excluding hydrogens is 306 g/mol. The van der Waals surface area contributed by atoms with Gasteiger partial charge < -0.3 is 10.1 Å². The first-order valence-electron chi connectivity index (χ1n) is 7.72. The van der Waals surface area contributed by atoms with E-state index in [4.69, 9.17) is 4.74 Å². The minimum absolute atomic E-state index is 0.0732. The first-order chi connectivity index (χ1) is 11.1. The number of nitrogens with one attached hydrogen (secondary N) is 1. The van der Waals surface area contributed by atoms with Gasteiger partial charge in [-0.05, 0) is 50.1 Å². The van der Waals surface area contributed by atoms with Crippen LogP contribution in [-0.2, 0) is 11.2 Å². The van der Waals surface area contributed by atoms with Crippen LogP contribution in [0.4, 0.5) is 0 Å². The summed E-state index contributed by atoms with van der Waals surface area (Å²) in [6.45, 7) is 4.64. The van der Waals surface area contributed by atoms with Crippen LogP contribution in [0, 0.1) is 6.92 Å². The van der Waals surface area contributed by atoms with Gasteiger partial charge in [0.2, 0.25) is 5.91 Å². The zero-order chi connectivity index (χ0) is 16.7. The lowest BCUT2D eigenvalue weighted by molar-refractivity contribution is -0.120. The van der Waals surface area contributed by atoms with Crippen LogP contribution < -0.4 is 10.1 Å². The lowest BCUT2D eigenvalue weighted by Gasteiger charge is -2.12. The second kappa shape index (κ2) is 8.63. The highest BCUT2D eigenvalue weighted by atomic mass is 32.2. The molecule has 0 saturated carbocycles. The summed E-state index contributed by atoms with van der Waals surface area (Å²) in [6, 6.07) is 16.2. The Morgan fingerprint density at radius 1 is 1.13 bits per heavy atom. The fraction of sp³-hybridized carbons (Fsp3) is 0.316. The van der Waals surface area contributed by atoms with E-state index in [2.05, 4.69) is 36.5 Å². The van der Waals surface area contributed by atoms with Crippen LogP contribution in [0.1, 0.15) is 18.1 Å². The lowest BCUT2D eigenvalue weighted by atomic mass is 10.1. The Morgan fingerprint density at radius 2 is 1.78 bits per heavy atom. The van der Waals surface area contributed by atoms with Gasteiger partial charge in [-0.3, -0.25) is 4.79 Å². The Morgan fingerprint density at radius 3 is 2.39 bits per heavy atom. The maximum absolute atomic E-state index is 12.2. The van der Waals surface area contributed by atoms with E-state index in [1.807, 2.05) is 31.2 Å². The Labute approximate surface area is 142 Å². The fourth-order valence-electron chi connectivity index (χ4n) is 2.14. The minimum atomic E-state index is -0.103. The summed E-state index contributed by atoms with van der Waals surface area (Å²) in [4.78, 5) is 13.3. The highest BCUT2D eigenvalue weighted by molar-refractivity contribution is 8.00. The number of ether oxygens (including phenoxy) is 1. The van der Waals surface area contributed by atoms with Crippen LogP contribution in [0.25, 0.3) is 0 Å². The number of carbonyl (C=O) groups excluding carboxylic acids is 1. The molecule has 1 amide bonds. The van der Waals surface area contributed by atoms with Crippen molar-refractivity contribution in [2.45, 2.75) is 30.4 Å². The number of amides is 1. The zero-order valence-electron chi connectivity index (χ0n) is 13.8. The minimum Gasteiger partial charge on any atom is -0.497 e. The highest BCUT2D eigenvalue weighted by Gasteiger charge is 2.13. The summed E-state index contributed by atoms with van der Waals surface area (Å²) < 4.78 is 5.13. The number of carbonyl (C=O) groups is 1. The second-order valence-electron chi connectivity index (χ2n) is 5.46. The molecule has 23 heavy (non-hydrogen) atoms. The molecule has 0 aliphatic rings. The van der Waals surface area contributed by atoms with E-state index in [1.165, 1.54) is 11.1 Å². The number of rotatable bonds is 7. The van der Waals surface area contributed by atoms with E-state index in [1.54, 1.807) is 18.9 Å². The van der Waals surface area contributed by atoms with E-state index in [0.717, 1.165) is 17.1 Å². The summed E-state index contributed by atoms with van der Waals surface area (Å²) >= 11 is 1.58. The molecule has 0 unspecified atom stereocenters. The zero-order valence-corrected chi connectivity index (χ0v) is 14.7. The molecular formula is C19H23NO2S. The molecule has 2 rings (SSSR count). The molecule has 0 spiro atoms. The molecule has 0 radical (unpaired) electrons. The van der Waals surface area contributed by atoms with Gasteiger partial charge in [-0.1, -0.05) is 29.8 Å². The van der Waals surface area contributed by atoms with Crippen molar-refractivity contribution in [2.75, 3.05) is 13.7 Å².